The highest BCUT2D eigenvalue weighted by atomic mass is 35.6. The van der Waals surface area contributed by atoms with Crippen LogP contribution >= 0.6 is 58.5 Å². The molecule has 1 heterocycles. The van der Waals surface area contributed by atoms with Crippen molar-refractivity contribution in [2.45, 2.75) is 16.5 Å². The molecule has 0 saturated carbocycles. The fourth-order valence-corrected chi connectivity index (χ4v) is 3.48. The van der Waals surface area contributed by atoms with Crippen LogP contribution in [0.2, 0.25) is 0 Å². The Morgan fingerprint density at radius 1 is 1.50 bits per heavy atom. The van der Waals surface area contributed by atoms with Gasteiger partial charge in [0.05, 0.1) is 0 Å². The van der Waals surface area contributed by atoms with Crippen LogP contribution in [0, 0.1) is 0 Å². The number of carbonyl (C=O) groups is 3. The molecule has 1 rings (SSSR count). The van der Waals surface area contributed by atoms with E-state index in [1.165, 1.54) is 7.05 Å². The Bertz CT molecular complexity index is 498. The first-order valence-electron chi connectivity index (χ1n) is 5.91. The summed E-state index contributed by atoms with van der Waals surface area (Å²) in [6.45, 7) is 1.95. The van der Waals surface area contributed by atoms with Crippen molar-refractivity contribution in [3.05, 3.63) is 0 Å². The van der Waals surface area contributed by atoms with E-state index in [4.69, 9.17) is 34.8 Å². The predicted octanol–water partition coefficient (Wildman–Crippen LogP) is 2.86. The number of oxime groups is 1. The summed E-state index contributed by atoms with van der Waals surface area (Å²) in [6, 6.07) is 0. The average Bonchev–Trinajstić information content (AvgIpc) is 2.43. The van der Waals surface area contributed by atoms with Crippen LogP contribution in [0.25, 0.3) is 0 Å². The Kier molecular flexibility index (Phi) is 7.60. The molecule has 0 radical (unpaired) electrons. The monoisotopic (exact) mass is 407 g/mol. The van der Waals surface area contributed by atoms with Gasteiger partial charge in [0.1, 0.15) is 0 Å². The normalized spacial score (nSPS) is 17.6. The van der Waals surface area contributed by atoms with Crippen molar-refractivity contribution in [1.82, 2.24) is 9.21 Å². The van der Waals surface area contributed by atoms with E-state index < -0.39 is 15.1 Å². The molecule has 0 spiro atoms. The van der Waals surface area contributed by atoms with Crippen LogP contribution < -0.4 is 0 Å². The van der Waals surface area contributed by atoms with E-state index in [-0.39, 0.29) is 17.4 Å². The van der Waals surface area contributed by atoms with Gasteiger partial charge < -0.3 is 0 Å². The maximum absolute atomic E-state index is 12.0. The number of thioether (sulfide) groups is 1. The fraction of sp³-hybridized carbons (Fsp3) is 0.600. The molecule has 7 nitrogen and oxygen atoms in total. The molecule has 0 aliphatic carbocycles. The van der Waals surface area contributed by atoms with Gasteiger partial charge >= 0.3 is 6.09 Å². The van der Waals surface area contributed by atoms with Gasteiger partial charge in [0.15, 0.2) is 0 Å². The first-order valence-corrected chi connectivity index (χ1v) is 8.81. The molecular formula is C10H12Cl3N3O4S2. The molecule has 1 aliphatic rings. The van der Waals surface area contributed by atoms with Crippen LogP contribution in [0.3, 0.4) is 0 Å². The van der Waals surface area contributed by atoms with Gasteiger partial charge in [0, 0.05) is 37.7 Å². The van der Waals surface area contributed by atoms with Crippen LogP contribution in [-0.2, 0) is 14.4 Å². The minimum atomic E-state index is -1.74. The van der Waals surface area contributed by atoms with Gasteiger partial charge in [-0.3, -0.25) is 19.3 Å². The van der Waals surface area contributed by atoms with Gasteiger partial charge in [-0.2, -0.15) is 0 Å². The van der Waals surface area contributed by atoms with Gasteiger partial charge in [-0.15, -0.1) is 0 Å². The molecule has 0 atom stereocenters. The van der Waals surface area contributed by atoms with Crippen molar-refractivity contribution in [2.24, 2.45) is 5.16 Å². The highest BCUT2D eigenvalue weighted by Crippen LogP contribution is 2.40. The van der Waals surface area contributed by atoms with Gasteiger partial charge in [0.25, 0.3) is 9.03 Å². The molecule has 0 unspecified atom stereocenters. The van der Waals surface area contributed by atoms with Crippen LogP contribution in [0.4, 0.5) is 4.79 Å². The lowest BCUT2D eigenvalue weighted by atomic mass is 10.3. The Morgan fingerprint density at radius 2 is 2.14 bits per heavy atom. The highest BCUT2D eigenvalue weighted by molar-refractivity contribution is 8.15. The predicted molar refractivity (Wildman–Crippen MR) is 89.0 cm³/mol. The van der Waals surface area contributed by atoms with E-state index in [0.29, 0.717) is 24.2 Å². The number of nitrogens with zero attached hydrogens (tertiary/aromatic N) is 3. The summed E-state index contributed by atoms with van der Waals surface area (Å²) in [5.41, 5.74) is 0. The van der Waals surface area contributed by atoms with Crippen molar-refractivity contribution in [3.63, 3.8) is 0 Å². The third-order valence-corrected chi connectivity index (χ3v) is 4.45. The summed E-state index contributed by atoms with van der Waals surface area (Å²) in [7, 11) is 1.32. The van der Waals surface area contributed by atoms with E-state index >= 15 is 0 Å². The molecule has 0 N–H and O–H groups in total. The molecule has 1 saturated heterocycles. The summed E-state index contributed by atoms with van der Waals surface area (Å²) < 4.78 is -0.815. The number of imide groups is 1. The van der Waals surface area contributed by atoms with Crippen LogP contribution in [0.1, 0.15) is 13.3 Å². The van der Waals surface area contributed by atoms with Crippen molar-refractivity contribution >= 4 is 81.5 Å². The van der Waals surface area contributed by atoms with E-state index in [1.54, 1.807) is 6.92 Å². The maximum Gasteiger partial charge on any atom is 0.445 e. The number of alkyl halides is 3. The number of amides is 3. The Balaban J connectivity index is 2.67. The second kappa shape index (κ2) is 8.49. The molecule has 124 valence electrons. The Labute approximate surface area is 150 Å². The zero-order chi connectivity index (χ0) is 16.9. The van der Waals surface area contributed by atoms with Gasteiger partial charge in [-0.25, -0.2) is 9.10 Å². The molecule has 1 fully saturated rings. The largest absolute Gasteiger partial charge is 0.445 e. The molecule has 0 aromatic heterocycles. The lowest BCUT2D eigenvalue weighted by Gasteiger charge is -2.24. The molecular weight excluding hydrogens is 397 g/mol. The van der Waals surface area contributed by atoms with Crippen molar-refractivity contribution in [1.29, 1.82) is 0 Å². The van der Waals surface area contributed by atoms with E-state index in [0.717, 1.165) is 21.0 Å². The molecule has 0 aromatic carbocycles. The number of halogens is 3. The fourth-order valence-electron chi connectivity index (χ4n) is 1.34. The average molecular weight is 409 g/mol. The van der Waals surface area contributed by atoms with Crippen LogP contribution in [-0.4, -0.2) is 54.6 Å². The Morgan fingerprint density at radius 3 is 2.68 bits per heavy atom. The third-order valence-electron chi connectivity index (χ3n) is 2.29. The van der Waals surface area contributed by atoms with E-state index in [9.17, 15) is 14.4 Å². The smallest absolute Gasteiger partial charge is 0.296 e. The zero-order valence-corrected chi connectivity index (χ0v) is 15.4. The lowest BCUT2D eigenvalue weighted by molar-refractivity contribution is -0.140. The summed E-state index contributed by atoms with van der Waals surface area (Å²) >= 11 is 18.2. The number of hydrogen-bond acceptors (Lipinski definition) is 7. The van der Waals surface area contributed by atoms with Crippen molar-refractivity contribution in [3.8, 4) is 0 Å². The standard InChI is InChI=1S/C10H12Cl3N3O4S2/c1-3-6(17)16-4-5-21-7(8(16)18)14-20-9(19)15(2)22-10(11,12)13/h3-5H2,1-2H3. The second-order valence-corrected chi connectivity index (χ2v) is 9.22. The first-order chi connectivity index (χ1) is 10.2. The number of carbonyl (C=O) groups excluding carboxylic acids is 3. The zero-order valence-electron chi connectivity index (χ0n) is 11.5. The van der Waals surface area contributed by atoms with Crippen LogP contribution in [0.5, 0.6) is 0 Å². The van der Waals surface area contributed by atoms with E-state index in [2.05, 4.69) is 9.99 Å². The Hall–Kier alpha value is -0.350. The third kappa shape index (κ3) is 6.04. The van der Waals surface area contributed by atoms with Crippen molar-refractivity contribution < 1.29 is 19.2 Å². The minimum Gasteiger partial charge on any atom is -0.296 e. The maximum atomic E-state index is 12.0. The highest BCUT2D eigenvalue weighted by Gasteiger charge is 2.31. The molecule has 12 heteroatoms. The minimum absolute atomic E-state index is 0.0753. The van der Waals surface area contributed by atoms with Gasteiger partial charge in [0.2, 0.25) is 11.0 Å². The summed E-state index contributed by atoms with van der Waals surface area (Å²) in [6.07, 6.45) is -0.720. The first kappa shape index (κ1) is 19.7. The van der Waals surface area contributed by atoms with Crippen molar-refractivity contribution in [2.75, 3.05) is 19.3 Å². The SMILES string of the molecule is CCC(=O)N1CCSC(=NOC(=O)N(C)SC(Cl)(Cl)Cl)C1=O. The van der Waals surface area contributed by atoms with E-state index in [1.807, 2.05) is 0 Å². The summed E-state index contributed by atoms with van der Waals surface area (Å²) in [5, 5.41) is 3.41. The molecule has 1 aliphatic heterocycles. The van der Waals surface area contributed by atoms with Gasteiger partial charge in [-0.05, 0) is 0 Å². The molecule has 22 heavy (non-hydrogen) atoms. The molecule has 0 bridgehead atoms. The number of rotatable bonds is 3. The second-order valence-electron chi connectivity index (χ2n) is 3.84. The lowest BCUT2D eigenvalue weighted by Crippen LogP contribution is -2.45. The molecule has 3 amide bonds. The van der Waals surface area contributed by atoms with Gasteiger partial charge in [-0.1, -0.05) is 58.6 Å². The topological polar surface area (TPSA) is 79.3 Å². The van der Waals surface area contributed by atoms with Crippen LogP contribution in [0.15, 0.2) is 5.16 Å². The molecule has 0 aromatic rings. The number of hydrogen-bond donors (Lipinski definition) is 0. The summed E-state index contributed by atoms with van der Waals surface area (Å²) in [5.74, 6) is -0.423. The summed E-state index contributed by atoms with van der Waals surface area (Å²) in [4.78, 5) is 41.0. The quantitative estimate of drug-likeness (QED) is 0.309.